The molecule has 9 heteroatoms. The Morgan fingerprint density at radius 2 is 2.25 bits per heavy atom. The number of thioether (sulfide) groups is 1. The Hall–Kier alpha value is -1.06. The maximum atomic E-state index is 12.4. The summed E-state index contributed by atoms with van der Waals surface area (Å²) >= 11 is 1.71. The van der Waals surface area contributed by atoms with Crippen molar-refractivity contribution in [2.24, 2.45) is 0 Å². The van der Waals surface area contributed by atoms with E-state index in [-0.39, 0.29) is 17.5 Å². The Labute approximate surface area is 121 Å². The van der Waals surface area contributed by atoms with E-state index in [9.17, 15) is 13.2 Å². The molecule has 1 aliphatic rings. The smallest absolute Gasteiger partial charge is 0.325 e. The maximum Gasteiger partial charge on any atom is 0.325 e. The van der Waals surface area contributed by atoms with Crippen LogP contribution < -0.4 is 4.72 Å². The highest BCUT2D eigenvalue weighted by atomic mass is 32.2. The number of sulfonamides is 1. The van der Waals surface area contributed by atoms with E-state index in [1.807, 2.05) is 0 Å². The normalized spacial score (nSPS) is 19.4. The predicted molar refractivity (Wildman–Crippen MR) is 75.4 cm³/mol. The third kappa shape index (κ3) is 3.15. The molecule has 1 unspecified atom stereocenters. The summed E-state index contributed by atoms with van der Waals surface area (Å²) < 4.78 is 28.7. The number of aryl methyl sites for hydroxylation is 1. The zero-order chi connectivity index (χ0) is 14.9. The van der Waals surface area contributed by atoms with Gasteiger partial charge in [0.1, 0.15) is 11.4 Å². The van der Waals surface area contributed by atoms with Crippen LogP contribution in [-0.2, 0) is 21.4 Å². The molecule has 20 heavy (non-hydrogen) atoms. The summed E-state index contributed by atoms with van der Waals surface area (Å²) in [7, 11) is -3.66. The zero-order valence-corrected chi connectivity index (χ0v) is 12.9. The lowest BCUT2D eigenvalue weighted by Gasteiger charge is -2.12. The second kappa shape index (κ2) is 5.74. The molecule has 0 radical (unpaired) electrons. The third-order valence-corrected chi connectivity index (χ3v) is 6.05. The maximum absolute atomic E-state index is 12.4. The lowest BCUT2D eigenvalue weighted by Crippen LogP contribution is -2.35. The molecule has 112 valence electrons. The minimum absolute atomic E-state index is 0.0633. The first-order valence-corrected chi connectivity index (χ1v) is 8.81. The second-order valence-electron chi connectivity index (χ2n) is 4.73. The Kier molecular flexibility index (Phi) is 4.40. The summed E-state index contributed by atoms with van der Waals surface area (Å²) in [4.78, 5) is 10.8. The van der Waals surface area contributed by atoms with E-state index in [4.69, 9.17) is 5.11 Å². The molecular formula is C11H17N3O4S2. The molecule has 2 N–H and O–H groups in total. The summed E-state index contributed by atoms with van der Waals surface area (Å²) in [6, 6.07) is -0.0633. The number of aliphatic carboxylic acids is 1. The summed E-state index contributed by atoms with van der Waals surface area (Å²) in [5.74, 6) is 0.656. The predicted octanol–water partition coefficient (Wildman–Crippen LogP) is 0.368. The van der Waals surface area contributed by atoms with Crippen LogP contribution in [0.3, 0.4) is 0 Å². The fraction of sp³-hybridized carbons (Fsp3) is 0.636. The van der Waals surface area contributed by atoms with Crippen molar-refractivity contribution in [1.29, 1.82) is 0 Å². The van der Waals surface area contributed by atoms with Crippen molar-refractivity contribution in [3.05, 3.63) is 11.4 Å². The number of rotatable bonds is 5. The average molecular weight is 319 g/mol. The molecule has 2 rings (SSSR count). The lowest BCUT2D eigenvalue weighted by atomic mass is 10.3. The van der Waals surface area contributed by atoms with Crippen LogP contribution in [0.1, 0.15) is 17.8 Å². The van der Waals surface area contributed by atoms with Gasteiger partial charge in [-0.25, -0.2) is 13.1 Å². The SMILES string of the molecule is Cc1nn(CC(=O)O)c(C)c1S(=O)(=O)NC1CCSC1. The molecule has 1 atom stereocenters. The van der Waals surface area contributed by atoms with Gasteiger partial charge in [0.2, 0.25) is 10.0 Å². The molecule has 7 nitrogen and oxygen atoms in total. The van der Waals surface area contributed by atoms with E-state index in [1.54, 1.807) is 25.6 Å². The van der Waals surface area contributed by atoms with Crippen LogP contribution >= 0.6 is 11.8 Å². The van der Waals surface area contributed by atoms with E-state index in [1.165, 1.54) is 4.68 Å². The van der Waals surface area contributed by atoms with Gasteiger partial charge in [0.15, 0.2) is 0 Å². The van der Waals surface area contributed by atoms with Gasteiger partial charge in [-0.2, -0.15) is 16.9 Å². The van der Waals surface area contributed by atoms with Crippen molar-refractivity contribution >= 4 is 27.8 Å². The van der Waals surface area contributed by atoms with Crippen LogP contribution in [-0.4, -0.2) is 46.8 Å². The van der Waals surface area contributed by atoms with Crippen molar-refractivity contribution in [3.8, 4) is 0 Å². The fourth-order valence-electron chi connectivity index (χ4n) is 2.26. The second-order valence-corrected chi connectivity index (χ2v) is 7.53. The highest BCUT2D eigenvalue weighted by molar-refractivity contribution is 7.99. The first-order chi connectivity index (χ1) is 9.31. The highest BCUT2D eigenvalue weighted by Crippen LogP contribution is 2.23. The van der Waals surface area contributed by atoms with Crippen LogP contribution in [0, 0.1) is 13.8 Å². The summed E-state index contributed by atoms with van der Waals surface area (Å²) in [6.45, 7) is 2.80. The van der Waals surface area contributed by atoms with E-state index in [0.717, 1.165) is 17.9 Å². The van der Waals surface area contributed by atoms with Crippen LogP contribution in [0.5, 0.6) is 0 Å². The molecular weight excluding hydrogens is 302 g/mol. The topological polar surface area (TPSA) is 101 Å². The fourth-order valence-corrected chi connectivity index (χ4v) is 5.20. The Morgan fingerprint density at radius 1 is 1.55 bits per heavy atom. The number of aromatic nitrogens is 2. The molecule has 1 aromatic rings. The van der Waals surface area contributed by atoms with E-state index in [0.29, 0.717) is 11.4 Å². The molecule has 0 amide bonds. The zero-order valence-electron chi connectivity index (χ0n) is 11.3. The van der Waals surface area contributed by atoms with Crippen LogP contribution in [0.25, 0.3) is 0 Å². The quantitative estimate of drug-likeness (QED) is 0.813. The highest BCUT2D eigenvalue weighted by Gasteiger charge is 2.29. The summed E-state index contributed by atoms with van der Waals surface area (Å²) in [5, 5.41) is 12.8. The van der Waals surface area contributed by atoms with Crippen molar-refractivity contribution in [1.82, 2.24) is 14.5 Å². The van der Waals surface area contributed by atoms with Gasteiger partial charge in [-0.1, -0.05) is 0 Å². The number of carboxylic acid groups (broad SMARTS) is 1. The number of carbonyl (C=O) groups is 1. The van der Waals surface area contributed by atoms with Gasteiger partial charge in [-0.05, 0) is 26.0 Å². The number of nitrogens with zero attached hydrogens (tertiary/aromatic N) is 2. The molecule has 0 bridgehead atoms. The van der Waals surface area contributed by atoms with Crippen molar-refractivity contribution in [2.75, 3.05) is 11.5 Å². The molecule has 0 aromatic carbocycles. The number of carboxylic acids is 1. The Balaban J connectivity index is 2.31. The van der Waals surface area contributed by atoms with Crippen molar-refractivity contribution in [3.63, 3.8) is 0 Å². The van der Waals surface area contributed by atoms with E-state index < -0.39 is 16.0 Å². The number of hydrogen-bond acceptors (Lipinski definition) is 5. The minimum Gasteiger partial charge on any atom is -0.480 e. The van der Waals surface area contributed by atoms with Gasteiger partial charge in [0, 0.05) is 11.8 Å². The molecule has 0 aliphatic carbocycles. The molecule has 1 saturated heterocycles. The average Bonchev–Trinajstić information content (AvgIpc) is 2.87. The van der Waals surface area contributed by atoms with E-state index in [2.05, 4.69) is 9.82 Å². The molecule has 0 saturated carbocycles. The minimum atomic E-state index is -3.66. The van der Waals surface area contributed by atoms with Crippen molar-refractivity contribution < 1.29 is 18.3 Å². The molecule has 1 aromatic heterocycles. The van der Waals surface area contributed by atoms with Gasteiger partial charge < -0.3 is 5.11 Å². The standard InChI is InChI=1S/C11H17N3O4S2/c1-7-11(8(2)14(12-7)5-10(15)16)20(17,18)13-9-3-4-19-6-9/h9,13H,3-6H2,1-2H3,(H,15,16). The number of nitrogens with one attached hydrogen (secondary N) is 1. The van der Waals surface area contributed by atoms with Crippen LogP contribution in [0.4, 0.5) is 0 Å². The van der Waals surface area contributed by atoms with Gasteiger partial charge in [-0.3, -0.25) is 9.48 Å². The summed E-state index contributed by atoms with van der Waals surface area (Å²) in [6.07, 6.45) is 0.811. The molecule has 1 aliphatic heterocycles. The first-order valence-electron chi connectivity index (χ1n) is 6.17. The van der Waals surface area contributed by atoms with Gasteiger partial charge in [0.05, 0.1) is 11.4 Å². The Morgan fingerprint density at radius 3 is 2.80 bits per heavy atom. The summed E-state index contributed by atoms with van der Waals surface area (Å²) in [5.41, 5.74) is 0.671. The van der Waals surface area contributed by atoms with E-state index >= 15 is 0 Å². The monoisotopic (exact) mass is 319 g/mol. The largest absolute Gasteiger partial charge is 0.480 e. The van der Waals surface area contributed by atoms with Gasteiger partial charge in [0.25, 0.3) is 0 Å². The molecule has 2 heterocycles. The van der Waals surface area contributed by atoms with Crippen LogP contribution in [0.2, 0.25) is 0 Å². The van der Waals surface area contributed by atoms with Gasteiger partial charge in [-0.15, -0.1) is 0 Å². The lowest BCUT2D eigenvalue weighted by molar-refractivity contribution is -0.137. The van der Waals surface area contributed by atoms with Crippen molar-refractivity contribution in [2.45, 2.75) is 37.8 Å². The van der Waals surface area contributed by atoms with Crippen LogP contribution in [0.15, 0.2) is 4.90 Å². The molecule has 0 spiro atoms. The molecule has 1 fully saturated rings. The first kappa shape index (κ1) is 15.3. The van der Waals surface area contributed by atoms with Gasteiger partial charge >= 0.3 is 5.97 Å². The number of hydrogen-bond donors (Lipinski definition) is 2. The Bertz CT molecular complexity index is 618. The third-order valence-electron chi connectivity index (χ3n) is 3.12.